The van der Waals surface area contributed by atoms with E-state index in [0.29, 0.717) is 23.5 Å². The average molecular weight is 224 g/mol. The molecule has 0 saturated heterocycles. The van der Waals surface area contributed by atoms with Crippen LogP contribution in [0.3, 0.4) is 0 Å². The second-order valence-corrected chi connectivity index (χ2v) is 3.34. The van der Waals surface area contributed by atoms with E-state index in [1.807, 2.05) is 0 Å². The Morgan fingerprint density at radius 1 is 1.56 bits per heavy atom. The molecule has 0 radical (unpaired) electrons. The first-order valence-electron chi connectivity index (χ1n) is 5.01. The first-order valence-corrected chi connectivity index (χ1v) is 5.01. The van der Waals surface area contributed by atoms with Crippen LogP contribution in [0.5, 0.6) is 5.75 Å². The number of amides is 1. The minimum absolute atomic E-state index is 0.00147. The molecule has 0 saturated carbocycles. The lowest BCUT2D eigenvalue weighted by Crippen LogP contribution is -2.12. The molecule has 5 heteroatoms. The number of anilines is 2. The monoisotopic (exact) mass is 224 g/mol. The number of hydrogen-bond donors (Lipinski definition) is 3. The van der Waals surface area contributed by atoms with Crippen molar-refractivity contribution >= 4 is 17.3 Å². The third-order valence-electron chi connectivity index (χ3n) is 2.06. The van der Waals surface area contributed by atoms with Gasteiger partial charge in [-0.05, 0) is 24.6 Å². The fourth-order valence-corrected chi connectivity index (χ4v) is 1.28. The highest BCUT2D eigenvalue weighted by molar-refractivity contribution is 5.92. The Morgan fingerprint density at radius 3 is 2.94 bits per heavy atom. The minimum Gasteiger partial charge on any atom is -0.495 e. The zero-order valence-corrected chi connectivity index (χ0v) is 9.19. The molecule has 16 heavy (non-hydrogen) atoms. The molecule has 0 aromatic heterocycles. The largest absolute Gasteiger partial charge is 0.495 e. The number of nitrogens with two attached hydrogens (primary N) is 1. The summed E-state index contributed by atoms with van der Waals surface area (Å²) in [6.45, 7) is 0.00147. The molecule has 0 aliphatic carbocycles. The first kappa shape index (κ1) is 12.3. The van der Waals surface area contributed by atoms with Crippen molar-refractivity contribution in [3.63, 3.8) is 0 Å². The van der Waals surface area contributed by atoms with E-state index >= 15 is 0 Å². The Bertz CT molecular complexity index is 366. The molecule has 0 aliphatic rings. The van der Waals surface area contributed by atoms with Crippen molar-refractivity contribution in [1.29, 1.82) is 0 Å². The highest BCUT2D eigenvalue weighted by atomic mass is 16.5. The van der Waals surface area contributed by atoms with Gasteiger partial charge in [-0.1, -0.05) is 0 Å². The Hall–Kier alpha value is -1.75. The number of rotatable bonds is 5. The van der Waals surface area contributed by atoms with Crippen LogP contribution in [0.4, 0.5) is 11.4 Å². The molecule has 0 heterocycles. The van der Waals surface area contributed by atoms with Gasteiger partial charge >= 0.3 is 0 Å². The van der Waals surface area contributed by atoms with Crippen molar-refractivity contribution in [1.82, 2.24) is 0 Å². The van der Waals surface area contributed by atoms with Crippen molar-refractivity contribution in [3.8, 4) is 5.75 Å². The quantitative estimate of drug-likeness (QED) is 0.651. The third-order valence-corrected chi connectivity index (χ3v) is 2.06. The third kappa shape index (κ3) is 3.43. The van der Waals surface area contributed by atoms with Gasteiger partial charge in [0.15, 0.2) is 0 Å². The highest BCUT2D eigenvalue weighted by Crippen LogP contribution is 2.26. The van der Waals surface area contributed by atoms with Crippen LogP contribution >= 0.6 is 0 Å². The second-order valence-electron chi connectivity index (χ2n) is 3.34. The number of nitrogen functional groups attached to an aromatic ring is 1. The SMILES string of the molecule is COc1ccc(N)cc1NC(=O)CCCO. The summed E-state index contributed by atoms with van der Waals surface area (Å²) in [5.74, 6) is 0.393. The summed E-state index contributed by atoms with van der Waals surface area (Å²) in [6, 6.07) is 5.02. The standard InChI is InChI=1S/C11H16N2O3/c1-16-10-5-4-8(12)7-9(10)13-11(15)3-2-6-14/h4-5,7,14H,2-3,6,12H2,1H3,(H,13,15). The lowest BCUT2D eigenvalue weighted by Gasteiger charge is -2.10. The van der Waals surface area contributed by atoms with Gasteiger partial charge in [-0.3, -0.25) is 4.79 Å². The highest BCUT2D eigenvalue weighted by Gasteiger charge is 2.07. The molecule has 1 aromatic rings. The van der Waals surface area contributed by atoms with Crippen LogP contribution in [0.1, 0.15) is 12.8 Å². The summed E-state index contributed by atoms with van der Waals surface area (Å²) in [5, 5.41) is 11.3. The van der Waals surface area contributed by atoms with E-state index in [-0.39, 0.29) is 18.9 Å². The molecule has 0 atom stereocenters. The van der Waals surface area contributed by atoms with E-state index in [0.717, 1.165) is 0 Å². The second kappa shape index (κ2) is 5.97. The molecule has 0 bridgehead atoms. The molecule has 0 unspecified atom stereocenters. The number of benzene rings is 1. The van der Waals surface area contributed by atoms with Crippen molar-refractivity contribution in [2.75, 3.05) is 24.8 Å². The van der Waals surface area contributed by atoms with E-state index in [9.17, 15) is 4.79 Å². The van der Waals surface area contributed by atoms with Crippen LogP contribution in [-0.2, 0) is 4.79 Å². The Kier molecular flexibility index (Phi) is 4.60. The maximum atomic E-state index is 11.4. The number of aliphatic hydroxyl groups is 1. The van der Waals surface area contributed by atoms with E-state index in [1.165, 1.54) is 7.11 Å². The molecule has 5 nitrogen and oxygen atoms in total. The Morgan fingerprint density at radius 2 is 2.31 bits per heavy atom. The first-order chi connectivity index (χ1) is 7.67. The topological polar surface area (TPSA) is 84.6 Å². The van der Waals surface area contributed by atoms with Crippen LogP contribution in [-0.4, -0.2) is 24.7 Å². The number of methoxy groups -OCH3 is 1. The van der Waals surface area contributed by atoms with E-state index in [2.05, 4.69) is 5.32 Å². The zero-order chi connectivity index (χ0) is 12.0. The van der Waals surface area contributed by atoms with Gasteiger partial charge < -0.3 is 20.9 Å². The van der Waals surface area contributed by atoms with Crippen LogP contribution in [0.15, 0.2) is 18.2 Å². The number of ether oxygens (including phenoxy) is 1. The lowest BCUT2D eigenvalue weighted by molar-refractivity contribution is -0.116. The summed E-state index contributed by atoms with van der Waals surface area (Å²) in [6.07, 6.45) is 0.713. The zero-order valence-electron chi connectivity index (χ0n) is 9.19. The summed E-state index contributed by atoms with van der Waals surface area (Å²) < 4.78 is 5.09. The predicted molar refractivity (Wildman–Crippen MR) is 62.4 cm³/mol. The van der Waals surface area contributed by atoms with Crippen molar-refractivity contribution < 1.29 is 14.6 Å². The molecule has 88 valence electrons. The van der Waals surface area contributed by atoms with Gasteiger partial charge in [0.1, 0.15) is 5.75 Å². The number of hydrogen-bond acceptors (Lipinski definition) is 4. The van der Waals surface area contributed by atoms with Gasteiger partial charge in [-0.25, -0.2) is 0 Å². The molecule has 0 spiro atoms. The normalized spacial score (nSPS) is 9.88. The van der Waals surface area contributed by atoms with Gasteiger partial charge in [0.25, 0.3) is 0 Å². The van der Waals surface area contributed by atoms with Crippen LogP contribution in [0, 0.1) is 0 Å². The number of aliphatic hydroxyl groups excluding tert-OH is 1. The maximum absolute atomic E-state index is 11.4. The van der Waals surface area contributed by atoms with Crippen molar-refractivity contribution in [2.24, 2.45) is 0 Å². The van der Waals surface area contributed by atoms with Gasteiger partial charge in [0, 0.05) is 18.7 Å². The fraction of sp³-hybridized carbons (Fsp3) is 0.364. The average Bonchev–Trinajstić information content (AvgIpc) is 2.27. The van der Waals surface area contributed by atoms with E-state index < -0.39 is 0 Å². The van der Waals surface area contributed by atoms with Crippen molar-refractivity contribution in [2.45, 2.75) is 12.8 Å². The van der Waals surface area contributed by atoms with Crippen molar-refractivity contribution in [3.05, 3.63) is 18.2 Å². The summed E-state index contributed by atoms with van der Waals surface area (Å²) in [7, 11) is 1.52. The Balaban J connectivity index is 2.71. The molecular formula is C11H16N2O3. The van der Waals surface area contributed by atoms with Crippen LogP contribution in [0.25, 0.3) is 0 Å². The number of carbonyl (C=O) groups excluding carboxylic acids is 1. The molecule has 0 aliphatic heterocycles. The fourth-order valence-electron chi connectivity index (χ4n) is 1.28. The number of carbonyl (C=O) groups is 1. The van der Waals surface area contributed by atoms with Gasteiger partial charge in [0.05, 0.1) is 12.8 Å². The van der Waals surface area contributed by atoms with Crippen LogP contribution in [0.2, 0.25) is 0 Å². The van der Waals surface area contributed by atoms with E-state index in [4.69, 9.17) is 15.6 Å². The predicted octanol–water partition coefficient (Wildman–Crippen LogP) is 0.988. The maximum Gasteiger partial charge on any atom is 0.224 e. The lowest BCUT2D eigenvalue weighted by atomic mass is 10.2. The van der Waals surface area contributed by atoms with Gasteiger partial charge in [-0.15, -0.1) is 0 Å². The summed E-state index contributed by atoms with van der Waals surface area (Å²) in [5.41, 5.74) is 6.71. The van der Waals surface area contributed by atoms with Gasteiger partial charge in [0.2, 0.25) is 5.91 Å². The smallest absolute Gasteiger partial charge is 0.224 e. The molecule has 1 amide bonds. The molecule has 1 aromatic carbocycles. The molecule has 0 fully saturated rings. The Labute approximate surface area is 94.2 Å². The van der Waals surface area contributed by atoms with E-state index in [1.54, 1.807) is 18.2 Å². The van der Waals surface area contributed by atoms with Crippen LogP contribution < -0.4 is 15.8 Å². The van der Waals surface area contributed by atoms with Gasteiger partial charge in [-0.2, -0.15) is 0 Å². The molecule has 4 N–H and O–H groups in total. The summed E-state index contributed by atoms with van der Waals surface area (Å²) in [4.78, 5) is 11.4. The minimum atomic E-state index is -0.169. The number of nitrogens with one attached hydrogen (secondary N) is 1. The summed E-state index contributed by atoms with van der Waals surface area (Å²) >= 11 is 0. The molecule has 1 rings (SSSR count). The molecular weight excluding hydrogens is 208 g/mol.